The first-order valence-electron chi connectivity index (χ1n) is 14.6. The molecule has 0 amide bonds. The topological polar surface area (TPSA) is 48.1 Å². The minimum Gasteiger partial charge on any atom is -0.748 e. The Morgan fingerprint density at radius 2 is 1.23 bits per heavy atom. The van der Waals surface area contributed by atoms with Crippen molar-refractivity contribution in [2.45, 2.75) is 101 Å². The molecule has 0 aliphatic carbocycles. The molecule has 0 bridgehead atoms. The van der Waals surface area contributed by atoms with Crippen LogP contribution in [-0.4, -0.2) is 61.7 Å². The predicted octanol–water partition coefficient (Wildman–Crippen LogP) is 5.88. The summed E-state index contributed by atoms with van der Waals surface area (Å²) < 4.78 is 0. The SMILES string of the molecule is CC(C)(C)c1cc(C(P)(C2CNCCN2)C2CNCCN2)[c-](CP(C(C)(C)C)C(C)(C)C)c1.[Fe].[cH-]1[cH-][cH-][cH-][cH-]1. The van der Waals surface area contributed by atoms with Gasteiger partial charge in [0.1, 0.15) is 0 Å². The van der Waals surface area contributed by atoms with E-state index in [0.29, 0.717) is 22.4 Å². The molecule has 7 heteroatoms. The van der Waals surface area contributed by atoms with Crippen LogP contribution in [0.15, 0.2) is 42.5 Å². The van der Waals surface area contributed by atoms with Gasteiger partial charge in [0.05, 0.1) is 0 Å². The van der Waals surface area contributed by atoms with E-state index in [-0.39, 0.29) is 35.6 Å². The summed E-state index contributed by atoms with van der Waals surface area (Å²) >= 11 is 0. The number of piperazine rings is 2. The van der Waals surface area contributed by atoms with E-state index in [1.54, 1.807) is 11.1 Å². The molecule has 228 valence electrons. The maximum atomic E-state index is 3.90. The zero-order valence-corrected chi connectivity index (χ0v) is 29.2. The zero-order valence-electron chi connectivity index (χ0n) is 26.0. The van der Waals surface area contributed by atoms with Crippen LogP contribution in [0.2, 0.25) is 0 Å². The molecule has 2 aliphatic rings. The third kappa shape index (κ3) is 9.20. The van der Waals surface area contributed by atoms with E-state index < -0.39 is 0 Å². The summed E-state index contributed by atoms with van der Waals surface area (Å²) in [5.41, 5.74) is 4.73. The van der Waals surface area contributed by atoms with Gasteiger partial charge in [-0.25, -0.2) is 6.07 Å². The molecule has 2 aliphatic heterocycles. The van der Waals surface area contributed by atoms with Gasteiger partial charge in [-0.05, 0) is 10.3 Å². The molecule has 2 aromatic rings. The summed E-state index contributed by atoms with van der Waals surface area (Å²) in [6, 6.07) is 15.9. The fourth-order valence-electron chi connectivity index (χ4n) is 6.09. The Kier molecular flexibility index (Phi) is 13.0. The van der Waals surface area contributed by atoms with Gasteiger partial charge >= 0.3 is 0 Å². The minimum atomic E-state index is -0.221. The Balaban J connectivity index is 0.000000797. The second-order valence-corrected chi connectivity index (χ2v) is 19.0. The van der Waals surface area contributed by atoms with Gasteiger partial charge < -0.3 is 51.6 Å². The Labute approximate surface area is 254 Å². The van der Waals surface area contributed by atoms with Gasteiger partial charge in [0.25, 0.3) is 0 Å². The summed E-state index contributed by atoms with van der Waals surface area (Å²) in [6.45, 7) is 27.9. The molecule has 3 unspecified atom stereocenters. The summed E-state index contributed by atoms with van der Waals surface area (Å²) in [5.74, 6) is 0. The molecule has 0 saturated carbocycles. The average Bonchev–Trinajstić information content (AvgIpc) is 3.55. The third-order valence-corrected chi connectivity index (χ3v) is 13.1. The molecular formula is C32H56FeN4P2-6. The maximum Gasteiger partial charge on any atom is 0.0319 e. The van der Waals surface area contributed by atoms with Gasteiger partial charge in [0.2, 0.25) is 0 Å². The molecule has 4 N–H and O–H groups in total. The summed E-state index contributed by atoms with van der Waals surface area (Å²) in [6.07, 6.45) is 1.18. The van der Waals surface area contributed by atoms with Crippen molar-refractivity contribution in [3.05, 3.63) is 59.2 Å². The molecule has 3 atom stereocenters. The Bertz CT molecular complexity index is 905. The van der Waals surface area contributed by atoms with Crippen molar-refractivity contribution >= 4 is 17.2 Å². The average molecular weight is 615 g/mol. The van der Waals surface area contributed by atoms with Crippen LogP contribution in [-0.2, 0) is 33.8 Å². The standard InChI is InChI=1S/C27H51N4P2.C5H5.Fe/c1-24(2,3)20-14-19(18-33(25(4,5)6)26(7,8)9)21(15-20)27(32,22-16-28-10-12-30-22)23-17-29-11-13-31-23;1-2-4-5-3-1;/h14-15,22-23,28-31H,10-13,16-18,32H2,1-9H3;1-5H;/q-1;-5;. The van der Waals surface area contributed by atoms with Gasteiger partial charge in [-0.2, -0.15) is 17.2 Å². The van der Waals surface area contributed by atoms with Crippen LogP contribution in [0.5, 0.6) is 0 Å². The quantitative estimate of drug-likeness (QED) is 0.193. The first-order chi connectivity index (χ1) is 17.6. The zero-order chi connectivity index (χ0) is 28.2. The third-order valence-electron chi connectivity index (χ3n) is 8.05. The second-order valence-electron chi connectivity index (χ2n) is 14.2. The van der Waals surface area contributed by atoms with Crippen LogP contribution in [0.1, 0.15) is 79.0 Å². The van der Waals surface area contributed by atoms with Gasteiger partial charge in [0, 0.05) is 73.6 Å². The minimum absolute atomic E-state index is 0. The monoisotopic (exact) mass is 614 g/mol. The van der Waals surface area contributed by atoms with Crippen LogP contribution < -0.4 is 21.3 Å². The fraction of sp³-hybridized carbons (Fsp3) is 0.688. The summed E-state index contributed by atoms with van der Waals surface area (Å²) in [5, 5.41) is 15.7. The molecule has 39 heavy (non-hydrogen) atoms. The van der Waals surface area contributed by atoms with Gasteiger partial charge in [-0.1, -0.05) is 73.9 Å². The largest absolute Gasteiger partial charge is 0.748 e. The first kappa shape index (κ1) is 35.1. The molecule has 0 spiro atoms. The number of rotatable bonds is 5. The van der Waals surface area contributed by atoms with E-state index in [2.05, 4.69) is 105 Å². The Morgan fingerprint density at radius 1 is 0.795 bits per heavy atom. The van der Waals surface area contributed by atoms with Crippen molar-refractivity contribution in [2.24, 2.45) is 0 Å². The molecule has 4 nitrogen and oxygen atoms in total. The van der Waals surface area contributed by atoms with Crippen molar-refractivity contribution in [1.29, 1.82) is 0 Å². The van der Waals surface area contributed by atoms with Crippen molar-refractivity contribution in [3.63, 3.8) is 0 Å². The van der Waals surface area contributed by atoms with Crippen molar-refractivity contribution < 1.29 is 17.1 Å². The van der Waals surface area contributed by atoms with E-state index in [1.807, 2.05) is 30.3 Å². The van der Waals surface area contributed by atoms with Crippen LogP contribution in [0.4, 0.5) is 0 Å². The maximum absolute atomic E-state index is 3.90. The number of hydrogen-bond acceptors (Lipinski definition) is 4. The Hall–Kier alpha value is -0.0805. The van der Waals surface area contributed by atoms with Gasteiger partial charge in [0.15, 0.2) is 0 Å². The van der Waals surface area contributed by atoms with E-state index in [4.69, 9.17) is 0 Å². The normalized spacial score (nSPS) is 22.4. The predicted molar refractivity (Wildman–Crippen MR) is 174 cm³/mol. The van der Waals surface area contributed by atoms with Gasteiger partial charge in [-0.15, -0.1) is 22.7 Å². The molecule has 4 rings (SSSR count). The molecule has 2 heterocycles. The van der Waals surface area contributed by atoms with Crippen LogP contribution >= 0.6 is 17.2 Å². The van der Waals surface area contributed by atoms with Crippen molar-refractivity contribution in [2.75, 3.05) is 39.3 Å². The van der Waals surface area contributed by atoms with Crippen LogP contribution in [0.25, 0.3) is 0 Å². The van der Waals surface area contributed by atoms with E-state index in [0.717, 1.165) is 39.3 Å². The number of hydrogen-bond donors (Lipinski definition) is 4. The van der Waals surface area contributed by atoms with E-state index in [9.17, 15) is 0 Å². The van der Waals surface area contributed by atoms with Gasteiger partial charge in [-0.3, -0.25) is 0 Å². The fourth-order valence-corrected chi connectivity index (χ4v) is 10.4. The Morgan fingerprint density at radius 3 is 1.56 bits per heavy atom. The molecule has 2 fully saturated rings. The molecule has 2 saturated heterocycles. The summed E-state index contributed by atoms with van der Waals surface area (Å²) in [4.78, 5) is 0. The smallest absolute Gasteiger partial charge is 0.0319 e. The molecular weight excluding hydrogens is 558 g/mol. The second kappa shape index (κ2) is 14.4. The first-order valence-corrected chi connectivity index (χ1v) is 16.7. The van der Waals surface area contributed by atoms with Crippen molar-refractivity contribution in [3.8, 4) is 0 Å². The van der Waals surface area contributed by atoms with Crippen LogP contribution in [0.3, 0.4) is 0 Å². The molecule has 0 aromatic heterocycles. The van der Waals surface area contributed by atoms with Crippen molar-refractivity contribution in [1.82, 2.24) is 21.3 Å². The molecule has 0 radical (unpaired) electrons. The van der Waals surface area contributed by atoms with Crippen LogP contribution in [0, 0.1) is 0 Å². The summed E-state index contributed by atoms with van der Waals surface area (Å²) in [7, 11) is 3.16. The number of nitrogens with one attached hydrogen (secondary N) is 4. The van der Waals surface area contributed by atoms with E-state index in [1.165, 1.54) is 11.7 Å². The van der Waals surface area contributed by atoms with E-state index >= 15 is 0 Å². The molecule has 2 aromatic carbocycles.